The van der Waals surface area contributed by atoms with Crippen molar-refractivity contribution in [1.29, 1.82) is 0 Å². The molecule has 0 fully saturated rings. The van der Waals surface area contributed by atoms with Crippen molar-refractivity contribution in [2.45, 2.75) is 20.3 Å². The number of carbonyl (C=O) groups is 1. The molecule has 0 spiro atoms. The summed E-state index contributed by atoms with van der Waals surface area (Å²) in [5.74, 6) is 0.0674. The molecule has 0 aliphatic heterocycles. The maximum absolute atomic E-state index is 11.5. The molecule has 3 heteroatoms. The van der Waals surface area contributed by atoms with Crippen molar-refractivity contribution in [3.8, 4) is 0 Å². The quantitative estimate of drug-likeness (QED) is 0.693. The van der Waals surface area contributed by atoms with E-state index in [4.69, 9.17) is 0 Å². The molecule has 0 heterocycles. The molecule has 0 unspecified atom stereocenters. The minimum Gasteiger partial charge on any atom is -0.338 e. The molecule has 3 N–H and O–H groups in total. The lowest BCUT2D eigenvalue weighted by molar-refractivity contribution is -0.643. The molecule has 3 nitrogen and oxygen atoms in total. The third kappa shape index (κ3) is 4.13. The fourth-order valence-corrected chi connectivity index (χ4v) is 1.35. The Morgan fingerprint density at radius 1 is 1.40 bits per heavy atom. The number of quaternary nitrogens is 1. The van der Waals surface area contributed by atoms with E-state index in [1.807, 2.05) is 36.5 Å². The van der Waals surface area contributed by atoms with Crippen molar-refractivity contribution in [2.24, 2.45) is 0 Å². The van der Waals surface area contributed by atoms with Crippen molar-refractivity contribution in [3.63, 3.8) is 0 Å². The van der Waals surface area contributed by atoms with E-state index in [1.165, 1.54) is 0 Å². The molecule has 0 aromatic heterocycles. The Balaban J connectivity index is 2.41. The van der Waals surface area contributed by atoms with Gasteiger partial charge in [0.25, 0.3) is 5.91 Å². The molecule has 1 aromatic carbocycles. The smallest absolute Gasteiger partial charge is 0.279 e. The van der Waals surface area contributed by atoms with Crippen LogP contribution in [-0.4, -0.2) is 19.0 Å². The van der Waals surface area contributed by atoms with Gasteiger partial charge in [0.2, 0.25) is 0 Å². The maximum Gasteiger partial charge on any atom is 0.279 e. The SMILES string of the molecule is CCC[NH2+]CC(=O)Nc1ccccc1C. The second kappa shape index (κ2) is 6.19. The highest BCUT2D eigenvalue weighted by Crippen LogP contribution is 2.12. The lowest BCUT2D eigenvalue weighted by Gasteiger charge is -2.06. The summed E-state index contributed by atoms with van der Waals surface area (Å²) in [5.41, 5.74) is 2.01. The number of benzene rings is 1. The highest BCUT2D eigenvalue weighted by molar-refractivity contribution is 5.92. The molecule has 1 rings (SSSR count). The molecular formula is C12H19N2O+. The predicted molar refractivity (Wildman–Crippen MR) is 61.8 cm³/mol. The van der Waals surface area contributed by atoms with Gasteiger partial charge in [0.15, 0.2) is 6.54 Å². The first-order valence-corrected chi connectivity index (χ1v) is 5.41. The summed E-state index contributed by atoms with van der Waals surface area (Å²) < 4.78 is 0. The topological polar surface area (TPSA) is 45.7 Å². The molecule has 0 saturated heterocycles. The van der Waals surface area contributed by atoms with E-state index in [-0.39, 0.29) is 5.91 Å². The summed E-state index contributed by atoms with van der Waals surface area (Å²) >= 11 is 0. The van der Waals surface area contributed by atoms with E-state index in [9.17, 15) is 4.79 Å². The number of nitrogens with one attached hydrogen (secondary N) is 1. The Morgan fingerprint density at radius 3 is 2.80 bits per heavy atom. The van der Waals surface area contributed by atoms with Crippen LogP contribution < -0.4 is 10.6 Å². The van der Waals surface area contributed by atoms with Gasteiger partial charge in [-0.3, -0.25) is 4.79 Å². The summed E-state index contributed by atoms with van der Waals surface area (Å²) in [5, 5.41) is 4.92. The van der Waals surface area contributed by atoms with E-state index >= 15 is 0 Å². The van der Waals surface area contributed by atoms with Gasteiger partial charge >= 0.3 is 0 Å². The van der Waals surface area contributed by atoms with Crippen molar-refractivity contribution in [1.82, 2.24) is 0 Å². The number of rotatable bonds is 5. The first-order valence-electron chi connectivity index (χ1n) is 5.41. The van der Waals surface area contributed by atoms with Crippen LogP contribution in [0.1, 0.15) is 18.9 Å². The van der Waals surface area contributed by atoms with Gasteiger partial charge in [-0.2, -0.15) is 0 Å². The van der Waals surface area contributed by atoms with Gasteiger partial charge in [-0.25, -0.2) is 0 Å². The third-order valence-electron chi connectivity index (χ3n) is 2.24. The molecule has 15 heavy (non-hydrogen) atoms. The molecule has 0 aliphatic rings. The molecule has 0 saturated carbocycles. The number of amides is 1. The van der Waals surface area contributed by atoms with Gasteiger partial charge < -0.3 is 10.6 Å². The minimum absolute atomic E-state index is 0.0674. The van der Waals surface area contributed by atoms with Crippen LogP contribution in [0, 0.1) is 6.92 Å². The predicted octanol–water partition coefficient (Wildman–Crippen LogP) is 0.907. The molecule has 1 amide bonds. The Morgan fingerprint density at radius 2 is 2.13 bits per heavy atom. The zero-order valence-corrected chi connectivity index (χ0v) is 9.42. The number of carbonyl (C=O) groups excluding carboxylic acids is 1. The average Bonchev–Trinajstić information content (AvgIpc) is 2.22. The van der Waals surface area contributed by atoms with E-state index in [0.29, 0.717) is 6.54 Å². The summed E-state index contributed by atoms with van der Waals surface area (Å²) in [7, 11) is 0. The van der Waals surface area contributed by atoms with Crippen LogP contribution in [-0.2, 0) is 4.79 Å². The highest BCUT2D eigenvalue weighted by Gasteiger charge is 2.04. The Bertz CT molecular complexity index is 323. The molecule has 0 aliphatic carbocycles. The van der Waals surface area contributed by atoms with Crippen LogP contribution in [0.25, 0.3) is 0 Å². The first kappa shape index (κ1) is 11.7. The molecule has 0 atom stereocenters. The first-order chi connectivity index (χ1) is 7.24. The van der Waals surface area contributed by atoms with Crippen LogP contribution >= 0.6 is 0 Å². The van der Waals surface area contributed by atoms with Crippen molar-refractivity contribution >= 4 is 11.6 Å². The number of anilines is 1. The van der Waals surface area contributed by atoms with Crippen LogP contribution in [0.3, 0.4) is 0 Å². The summed E-state index contributed by atoms with van der Waals surface area (Å²) in [4.78, 5) is 11.5. The molecule has 0 bridgehead atoms. The van der Waals surface area contributed by atoms with Crippen molar-refractivity contribution in [2.75, 3.05) is 18.4 Å². The molecule has 82 valence electrons. The van der Waals surface area contributed by atoms with Gasteiger partial charge in [0, 0.05) is 5.69 Å². The van der Waals surface area contributed by atoms with Gasteiger partial charge in [0.05, 0.1) is 6.54 Å². The summed E-state index contributed by atoms with van der Waals surface area (Å²) in [6.07, 6.45) is 1.09. The van der Waals surface area contributed by atoms with Gasteiger partial charge in [0.1, 0.15) is 0 Å². The highest BCUT2D eigenvalue weighted by atomic mass is 16.1. The van der Waals surface area contributed by atoms with E-state index < -0.39 is 0 Å². The number of nitrogens with two attached hydrogens (primary N) is 1. The third-order valence-corrected chi connectivity index (χ3v) is 2.24. The maximum atomic E-state index is 11.5. The van der Waals surface area contributed by atoms with Gasteiger partial charge in [-0.1, -0.05) is 25.1 Å². The molecule has 0 radical (unpaired) electrons. The van der Waals surface area contributed by atoms with Crippen molar-refractivity contribution in [3.05, 3.63) is 29.8 Å². The fourth-order valence-electron chi connectivity index (χ4n) is 1.35. The fraction of sp³-hybridized carbons (Fsp3) is 0.417. The number of hydrogen-bond donors (Lipinski definition) is 2. The van der Waals surface area contributed by atoms with Gasteiger partial charge in [-0.15, -0.1) is 0 Å². The van der Waals surface area contributed by atoms with Gasteiger partial charge in [-0.05, 0) is 25.0 Å². The standard InChI is InChI=1S/C12H18N2O/c1-3-8-13-9-12(15)14-11-7-5-4-6-10(11)2/h4-7,13H,3,8-9H2,1-2H3,(H,14,15)/p+1. The lowest BCUT2D eigenvalue weighted by atomic mass is 10.2. The van der Waals surface area contributed by atoms with Crippen LogP contribution in [0.15, 0.2) is 24.3 Å². The van der Waals surface area contributed by atoms with Crippen LogP contribution in [0.5, 0.6) is 0 Å². The summed E-state index contributed by atoms with van der Waals surface area (Å²) in [6.45, 7) is 5.60. The monoisotopic (exact) mass is 207 g/mol. The Labute approximate surface area is 90.9 Å². The lowest BCUT2D eigenvalue weighted by Crippen LogP contribution is -2.86. The average molecular weight is 207 g/mol. The number of hydrogen-bond acceptors (Lipinski definition) is 1. The van der Waals surface area contributed by atoms with Crippen LogP contribution in [0.4, 0.5) is 5.69 Å². The minimum atomic E-state index is 0.0674. The molecular weight excluding hydrogens is 188 g/mol. The zero-order chi connectivity index (χ0) is 11.1. The second-order valence-corrected chi connectivity index (χ2v) is 3.64. The Kier molecular flexibility index (Phi) is 4.84. The second-order valence-electron chi connectivity index (χ2n) is 3.64. The van der Waals surface area contributed by atoms with E-state index in [0.717, 1.165) is 24.2 Å². The number of aryl methyl sites for hydroxylation is 1. The zero-order valence-electron chi connectivity index (χ0n) is 9.42. The number of para-hydroxylation sites is 1. The van der Waals surface area contributed by atoms with Crippen LogP contribution in [0.2, 0.25) is 0 Å². The van der Waals surface area contributed by atoms with E-state index in [2.05, 4.69) is 12.2 Å². The van der Waals surface area contributed by atoms with Crippen molar-refractivity contribution < 1.29 is 10.1 Å². The largest absolute Gasteiger partial charge is 0.338 e. The Hall–Kier alpha value is -1.35. The van der Waals surface area contributed by atoms with E-state index in [1.54, 1.807) is 0 Å². The normalized spacial score (nSPS) is 10.0. The molecule has 1 aromatic rings. The summed E-state index contributed by atoms with van der Waals surface area (Å²) in [6, 6.07) is 7.81.